The molecule has 0 N–H and O–H groups in total. The van der Waals surface area contributed by atoms with Gasteiger partial charge in [0, 0.05) is 0 Å². The highest BCUT2D eigenvalue weighted by atomic mass is 28.4. The van der Waals surface area contributed by atoms with E-state index in [1.165, 1.54) is 25.7 Å². The Labute approximate surface area is 128 Å². The lowest BCUT2D eigenvalue weighted by Crippen LogP contribution is -2.25. The summed E-state index contributed by atoms with van der Waals surface area (Å²) in [5.74, 6) is 0. The van der Waals surface area contributed by atoms with E-state index in [0.29, 0.717) is 0 Å². The molecule has 0 aliphatic carbocycles. The van der Waals surface area contributed by atoms with Gasteiger partial charge in [-0.05, 0) is 36.3 Å². The second-order valence-corrected chi connectivity index (χ2v) is 14.8. The summed E-state index contributed by atoms with van der Waals surface area (Å²) in [6.07, 6.45) is 6.87. The molecule has 0 spiro atoms. The largest absolute Gasteiger partial charge is 0.314 e. The average Bonchev–Trinajstić information content (AvgIpc) is 2.49. The van der Waals surface area contributed by atoms with Crippen LogP contribution in [-0.4, -0.2) is 16.8 Å². The molecule has 122 valence electrons. The highest BCUT2D eigenvalue weighted by Gasteiger charge is 2.29. The SMILES string of the molecule is CC[Si](F)(CC)CCCCCCCC[Si](F)(CC)CC. The first kappa shape index (κ1) is 20.3. The monoisotopic (exact) mass is 322 g/mol. The smallest absolute Gasteiger partial charge is 0.246 e. The Bertz CT molecular complexity index is 203. The summed E-state index contributed by atoms with van der Waals surface area (Å²) in [4.78, 5) is 0. The van der Waals surface area contributed by atoms with Gasteiger partial charge in [0.15, 0.2) is 0 Å². The van der Waals surface area contributed by atoms with Crippen LogP contribution in [0.5, 0.6) is 0 Å². The number of unbranched alkanes of at least 4 members (excludes halogenated alkanes) is 5. The zero-order valence-corrected chi connectivity index (χ0v) is 16.2. The van der Waals surface area contributed by atoms with Crippen LogP contribution in [0.4, 0.5) is 8.22 Å². The maximum Gasteiger partial charge on any atom is 0.246 e. The third-order valence-corrected chi connectivity index (χ3v) is 12.6. The molecule has 0 bridgehead atoms. The van der Waals surface area contributed by atoms with Gasteiger partial charge in [0.1, 0.15) is 0 Å². The molecule has 0 aliphatic rings. The fourth-order valence-electron chi connectivity index (χ4n) is 2.80. The van der Waals surface area contributed by atoms with Crippen molar-refractivity contribution in [3.8, 4) is 0 Å². The maximum absolute atomic E-state index is 14.2. The summed E-state index contributed by atoms with van der Waals surface area (Å²) in [7, 11) is -4.70. The maximum atomic E-state index is 14.2. The topological polar surface area (TPSA) is 0 Å². The summed E-state index contributed by atoms with van der Waals surface area (Å²) < 4.78 is 28.4. The first-order valence-electron chi connectivity index (χ1n) is 8.83. The van der Waals surface area contributed by atoms with Gasteiger partial charge < -0.3 is 8.22 Å². The van der Waals surface area contributed by atoms with Gasteiger partial charge in [-0.25, -0.2) is 0 Å². The Balaban J connectivity index is 3.50. The third kappa shape index (κ3) is 8.55. The Hall–Kier alpha value is 0.294. The van der Waals surface area contributed by atoms with E-state index in [-0.39, 0.29) is 0 Å². The molecule has 0 saturated heterocycles. The van der Waals surface area contributed by atoms with Crippen molar-refractivity contribution < 1.29 is 8.22 Å². The van der Waals surface area contributed by atoms with Crippen molar-refractivity contribution in [1.29, 1.82) is 0 Å². The quantitative estimate of drug-likeness (QED) is 0.190. The van der Waals surface area contributed by atoms with Crippen molar-refractivity contribution in [2.45, 2.75) is 102 Å². The molecule has 0 saturated carbocycles. The minimum atomic E-state index is -2.35. The van der Waals surface area contributed by atoms with Crippen LogP contribution in [-0.2, 0) is 0 Å². The van der Waals surface area contributed by atoms with E-state index in [2.05, 4.69) is 0 Å². The highest BCUT2D eigenvalue weighted by molar-refractivity contribution is 6.73. The molecule has 0 rings (SSSR count). The van der Waals surface area contributed by atoms with Crippen molar-refractivity contribution in [2.75, 3.05) is 0 Å². The van der Waals surface area contributed by atoms with Crippen molar-refractivity contribution in [2.24, 2.45) is 0 Å². The van der Waals surface area contributed by atoms with Crippen LogP contribution in [0.15, 0.2) is 0 Å². The van der Waals surface area contributed by atoms with Crippen LogP contribution < -0.4 is 0 Å². The summed E-state index contributed by atoms with van der Waals surface area (Å²) in [6, 6.07) is 4.82. The van der Waals surface area contributed by atoms with E-state index in [9.17, 15) is 8.22 Å². The molecule has 0 unspecified atom stereocenters. The van der Waals surface area contributed by atoms with E-state index in [1.54, 1.807) is 0 Å². The molecule has 0 aromatic carbocycles. The van der Waals surface area contributed by atoms with Crippen molar-refractivity contribution in [3.63, 3.8) is 0 Å². The predicted molar refractivity (Wildman–Crippen MR) is 93.0 cm³/mol. The molecular weight excluding hydrogens is 286 g/mol. The third-order valence-electron chi connectivity index (χ3n) is 5.03. The molecule has 0 aromatic heterocycles. The van der Waals surface area contributed by atoms with E-state index >= 15 is 0 Å². The van der Waals surface area contributed by atoms with Crippen molar-refractivity contribution in [1.82, 2.24) is 0 Å². The highest BCUT2D eigenvalue weighted by Crippen LogP contribution is 2.26. The lowest BCUT2D eigenvalue weighted by molar-refractivity contribution is 0.602. The van der Waals surface area contributed by atoms with Crippen LogP contribution in [0, 0.1) is 0 Å². The van der Waals surface area contributed by atoms with Crippen LogP contribution in [0.2, 0.25) is 36.3 Å². The van der Waals surface area contributed by atoms with Crippen LogP contribution >= 0.6 is 0 Å². The number of hydrogen-bond acceptors (Lipinski definition) is 0. The average molecular weight is 323 g/mol. The Morgan fingerprint density at radius 3 is 1.00 bits per heavy atom. The number of hydrogen-bond donors (Lipinski definition) is 0. The minimum absolute atomic E-state index is 0.779. The molecule has 0 fully saturated rings. The zero-order chi connectivity index (χ0) is 15.5. The van der Waals surface area contributed by atoms with E-state index in [0.717, 1.165) is 49.1 Å². The van der Waals surface area contributed by atoms with Crippen LogP contribution in [0.3, 0.4) is 0 Å². The van der Waals surface area contributed by atoms with Crippen LogP contribution in [0.25, 0.3) is 0 Å². The Morgan fingerprint density at radius 2 is 0.750 bits per heavy atom. The van der Waals surface area contributed by atoms with Gasteiger partial charge in [-0.15, -0.1) is 0 Å². The van der Waals surface area contributed by atoms with Crippen molar-refractivity contribution >= 4 is 16.8 Å². The lowest BCUT2D eigenvalue weighted by Gasteiger charge is -2.19. The van der Waals surface area contributed by atoms with E-state index < -0.39 is 16.8 Å². The van der Waals surface area contributed by atoms with Gasteiger partial charge in [-0.3, -0.25) is 0 Å². The molecular formula is C16H36F2Si2. The van der Waals surface area contributed by atoms with Crippen LogP contribution in [0.1, 0.15) is 66.2 Å². The summed E-state index contributed by atoms with van der Waals surface area (Å²) in [5.41, 5.74) is 0. The summed E-state index contributed by atoms with van der Waals surface area (Å²) in [5, 5.41) is 0. The zero-order valence-electron chi connectivity index (χ0n) is 14.2. The van der Waals surface area contributed by atoms with Gasteiger partial charge in [0.2, 0.25) is 16.8 Å². The molecule has 20 heavy (non-hydrogen) atoms. The summed E-state index contributed by atoms with van der Waals surface area (Å²) >= 11 is 0. The van der Waals surface area contributed by atoms with Gasteiger partial charge in [0.05, 0.1) is 0 Å². The van der Waals surface area contributed by atoms with E-state index in [4.69, 9.17) is 0 Å². The molecule has 4 heteroatoms. The number of halogens is 2. The second kappa shape index (κ2) is 10.9. The molecule has 0 nitrogen and oxygen atoms in total. The summed E-state index contributed by atoms with van der Waals surface area (Å²) in [6.45, 7) is 8.02. The molecule has 0 radical (unpaired) electrons. The lowest BCUT2D eigenvalue weighted by atomic mass is 10.1. The standard InChI is InChI=1S/C16H36F2Si2/c1-5-19(17,6-2)15-13-11-9-10-12-14-16-20(18,7-3)8-4/h5-16H2,1-4H3. The molecule has 0 atom stereocenters. The van der Waals surface area contributed by atoms with Gasteiger partial charge in [-0.1, -0.05) is 66.2 Å². The fraction of sp³-hybridized carbons (Fsp3) is 1.00. The predicted octanol–water partition coefficient (Wildman–Crippen LogP) is 7.24. The van der Waals surface area contributed by atoms with Crippen molar-refractivity contribution in [3.05, 3.63) is 0 Å². The Kier molecular flexibility index (Phi) is 11.1. The second-order valence-electron chi connectivity index (χ2n) is 6.34. The first-order valence-corrected chi connectivity index (χ1v) is 13.8. The molecule has 0 amide bonds. The normalized spacial score (nSPS) is 12.9. The fourth-order valence-corrected chi connectivity index (χ4v) is 6.98. The Morgan fingerprint density at radius 1 is 0.500 bits per heavy atom. The molecule has 0 aromatic rings. The van der Waals surface area contributed by atoms with Gasteiger partial charge >= 0.3 is 0 Å². The number of rotatable bonds is 13. The van der Waals surface area contributed by atoms with Gasteiger partial charge in [0.25, 0.3) is 0 Å². The molecule has 0 heterocycles. The molecule has 0 aliphatic heterocycles. The van der Waals surface area contributed by atoms with E-state index in [1.807, 2.05) is 27.7 Å². The first-order chi connectivity index (χ1) is 9.45. The van der Waals surface area contributed by atoms with Gasteiger partial charge in [-0.2, -0.15) is 0 Å². The minimum Gasteiger partial charge on any atom is -0.314 e.